The molecule has 5 N–H and O–H groups in total. The van der Waals surface area contributed by atoms with Crippen molar-refractivity contribution in [3.05, 3.63) is 17.0 Å². The van der Waals surface area contributed by atoms with Gasteiger partial charge in [-0.2, -0.15) is 0 Å². The lowest BCUT2D eigenvalue weighted by Crippen LogP contribution is -2.22. The first kappa shape index (κ1) is 12.1. The quantitative estimate of drug-likeness (QED) is 0.557. The van der Waals surface area contributed by atoms with Gasteiger partial charge in [-0.3, -0.25) is 4.98 Å². The number of aliphatic hydroxyl groups is 3. The number of nitrogens with two attached hydrogens (primary N) is 1. The van der Waals surface area contributed by atoms with Crippen molar-refractivity contribution in [1.82, 2.24) is 9.97 Å². The molecular formula is C8H12ClN3O3. The molecule has 0 aliphatic carbocycles. The minimum atomic E-state index is -1.28. The van der Waals surface area contributed by atoms with E-state index in [4.69, 9.17) is 22.4 Å². The standard InChI is InChI=1S/C8H12ClN3O3/c9-5-3-11-6(8(10)12-5)7(15)4(14)1-2-13/h3-4,7,13-15H,1-2H2,(H2,10,12). The van der Waals surface area contributed by atoms with Crippen molar-refractivity contribution in [2.45, 2.75) is 18.6 Å². The van der Waals surface area contributed by atoms with Gasteiger partial charge in [-0.15, -0.1) is 0 Å². The molecule has 0 aliphatic heterocycles. The van der Waals surface area contributed by atoms with Crippen molar-refractivity contribution < 1.29 is 15.3 Å². The third-order valence-corrected chi connectivity index (χ3v) is 2.05. The lowest BCUT2D eigenvalue weighted by molar-refractivity contribution is 0.00218. The van der Waals surface area contributed by atoms with E-state index >= 15 is 0 Å². The summed E-state index contributed by atoms with van der Waals surface area (Å²) in [6, 6.07) is 0. The number of nitrogen functional groups attached to an aromatic ring is 1. The summed E-state index contributed by atoms with van der Waals surface area (Å²) in [4.78, 5) is 7.45. The van der Waals surface area contributed by atoms with Crippen LogP contribution in [-0.2, 0) is 0 Å². The fraction of sp³-hybridized carbons (Fsp3) is 0.500. The second-order valence-electron chi connectivity index (χ2n) is 2.99. The average molecular weight is 234 g/mol. The maximum Gasteiger partial charge on any atom is 0.149 e. The normalized spacial score (nSPS) is 14.9. The Balaban J connectivity index is 2.86. The van der Waals surface area contributed by atoms with E-state index in [2.05, 4.69) is 9.97 Å². The molecule has 6 nitrogen and oxygen atoms in total. The molecule has 0 saturated heterocycles. The lowest BCUT2D eigenvalue weighted by Gasteiger charge is -2.17. The first-order valence-electron chi connectivity index (χ1n) is 4.31. The van der Waals surface area contributed by atoms with E-state index in [1.165, 1.54) is 6.20 Å². The SMILES string of the molecule is Nc1nc(Cl)cnc1C(O)C(O)CCO. The maximum absolute atomic E-state index is 9.61. The molecule has 0 radical (unpaired) electrons. The van der Waals surface area contributed by atoms with E-state index in [-0.39, 0.29) is 29.7 Å². The zero-order chi connectivity index (χ0) is 11.4. The molecule has 2 atom stereocenters. The number of halogens is 1. The van der Waals surface area contributed by atoms with Crippen LogP contribution in [0.2, 0.25) is 5.15 Å². The molecule has 1 aromatic rings. The minimum Gasteiger partial charge on any atom is -0.396 e. The van der Waals surface area contributed by atoms with Gasteiger partial charge in [-0.1, -0.05) is 11.6 Å². The Hall–Kier alpha value is -0.950. The fourth-order valence-electron chi connectivity index (χ4n) is 1.09. The molecule has 0 spiro atoms. The van der Waals surface area contributed by atoms with Crippen molar-refractivity contribution in [2.75, 3.05) is 12.3 Å². The highest BCUT2D eigenvalue weighted by molar-refractivity contribution is 6.29. The summed E-state index contributed by atoms with van der Waals surface area (Å²) in [7, 11) is 0. The summed E-state index contributed by atoms with van der Waals surface area (Å²) in [5, 5.41) is 27.7. The summed E-state index contributed by atoms with van der Waals surface area (Å²) in [5.74, 6) is -0.0352. The van der Waals surface area contributed by atoms with E-state index in [0.29, 0.717) is 0 Å². The highest BCUT2D eigenvalue weighted by atomic mass is 35.5. The molecule has 15 heavy (non-hydrogen) atoms. The van der Waals surface area contributed by atoms with Gasteiger partial charge in [-0.05, 0) is 6.42 Å². The Morgan fingerprint density at radius 3 is 2.67 bits per heavy atom. The van der Waals surface area contributed by atoms with E-state index in [1.807, 2.05) is 0 Å². The minimum absolute atomic E-state index is 0.0327. The van der Waals surface area contributed by atoms with Crippen LogP contribution < -0.4 is 5.73 Å². The number of hydrogen-bond acceptors (Lipinski definition) is 6. The Labute approximate surface area is 91.4 Å². The zero-order valence-electron chi connectivity index (χ0n) is 7.84. The van der Waals surface area contributed by atoms with Crippen LogP contribution in [0, 0.1) is 0 Å². The smallest absolute Gasteiger partial charge is 0.149 e. The van der Waals surface area contributed by atoms with Crippen LogP contribution in [0.5, 0.6) is 0 Å². The topological polar surface area (TPSA) is 112 Å². The number of rotatable bonds is 4. The Morgan fingerprint density at radius 2 is 2.13 bits per heavy atom. The lowest BCUT2D eigenvalue weighted by atomic mass is 10.1. The first-order valence-corrected chi connectivity index (χ1v) is 4.69. The highest BCUT2D eigenvalue weighted by Gasteiger charge is 2.22. The van der Waals surface area contributed by atoms with Gasteiger partial charge in [0.25, 0.3) is 0 Å². The summed E-state index contributed by atoms with van der Waals surface area (Å²) >= 11 is 5.52. The number of anilines is 1. The van der Waals surface area contributed by atoms with Crippen molar-refractivity contribution >= 4 is 17.4 Å². The van der Waals surface area contributed by atoms with Crippen LogP contribution in [-0.4, -0.2) is 38.0 Å². The van der Waals surface area contributed by atoms with E-state index in [1.54, 1.807) is 0 Å². The highest BCUT2D eigenvalue weighted by Crippen LogP contribution is 2.21. The van der Waals surface area contributed by atoms with Crippen LogP contribution in [0.3, 0.4) is 0 Å². The predicted octanol–water partition coefficient (Wildman–Crippen LogP) is -0.511. The number of nitrogens with zero attached hydrogens (tertiary/aromatic N) is 2. The van der Waals surface area contributed by atoms with Crippen molar-refractivity contribution in [2.24, 2.45) is 0 Å². The van der Waals surface area contributed by atoms with Gasteiger partial charge in [0, 0.05) is 6.61 Å². The van der Waals surface area contributed by atoms with Gasteiger partial charge in [0.05, 0.1) is 12.3 Å². The molecule has 0 fully saturated rings. The Bertz CT molecular complexity index is 337. The molecule has 2 unspecified atom stereocenters. The summed E-state index contributed by atoms with van der Waals surface area (Å²) < 4.78 is 0. The number of aromatic nitrogens is 2. The maximum atomic E-state index is 9.61. The van der Waals surface area contributed by atoms with Crippen LogP contribution in [0.1, 0.15) is 18.2 Å². The number of hydrogen-bond donors (Lipinski definition) is 4. The van der Waals surface area contributed by atoms with Crippen molar-refractivity contribution in [3.63, 3.8) is 0 Å². The van der Waals surface area contributed by atoms with Gasteiger partial charge in [0.15, 0.2) is 0 Å². The molecule has 0 saturated carbocycles. The average Bonchev–Trinajstić information content (AvgIpc) is 2.17. The molecule has 0 aliphatic rings. The summed E-state index contributed by atoms with van der Waals surface area (Å²) in [5.41, 5.74) is 5.52. The number of aliphatic hydroxyl groups excluding tert-OH is 3. The predicted molar refractivity (Wildman–Crippen MR) is 54.1 cm³/mol. The molecule has 84 valence electrons. The summed E-state index contributed by atoms with van der Waals surface area (Å²) in [6.45, 7) is -0.237. The third kappa shape index (κ3) is 3.00. The van der Waals surface area contributed by atoms with E-state index in [9.17, 15) is 10.2 Å². The van der Waals surface area contributed by atoms with E-state index in [0.717, 1.165) is 0 Å². The van der Waals surface area contributed by atoms with Gasteiger partial charge in [-0.25, -0.2) is 4.98 Å². The third-order valence-electron chi connectivity index (χ3n) is 1.87. The molecule has 0 bridgehead atoms. The second-order valence-corrected chi connectivity index (χ2v) is 3.37. The molecule has 0 amide bonds. The van der Waals surface area contributed by atoms with Crippen LogP contribution >= 0.6 is 11.6 Å². The molecule has 1 rings (SSSR count). The largest absolute Gasteiger partial charge is 0.396 e. The molecule has 0 aromatic carbocycles. The van der Waals surface area contributed by atoms with Gasteiger partial charge < -0.3 is 21.1 Å². The van der Waals surface area contributed by atoms with Crippen LogP contribution in [0.15, 0.2) is 6.20 Å². The van der Waals surface area contributed by atoms with E-state index < -0.39 is 12.2 Å². The van der Waals surface area contributed by atoms with Gasteiger partial charge in [0.2, 0.25) is 0 Å². The second kappa shape index (κ2) is 5.22. The first-order chi connectivity index (χ1) is 7.06. The summed E-state index contributed by atoms with van der Waals surface area (Å²) in [6.07, 6.45) is -1.15. The van der Waals surface area contributed by atoms with Crippen molar-refractivity contribution in [3.8, 4) is 0 Å². The zero-order valence-corrected chi connectivity index (χ0v) is 8.59. The molecule has 1 heterocycles. The fourth-order valence-corrected chi connectivity index (χ4v) is 1.23. The van der Waals surface area contributed by atoms with Crippen LogP contribution in [0.25, 0.3) is 0 Å². The molecular weight excluding hydrogens is 222 g/mol. The van der Waals surface area contributed by atoms with Gasteiger partial charge >= 0.3 is 0 Å². The van der Waals surface area contributed by atoms with Gasteiger partial charge in [0.1, 0.15) is 22.8 Å². The monoisotopic (exact) mass is 233 g/mol. The van der Waals surface area contributed by atoms with Crippen molar-refractivity contribution in [1.29, 1.82) is 0 Å². The van der Waals surface area contributed by atoms with Crippen LogP contribution in [0.4, 0.5) is 5.82 Å². The molecule has 1 aromatic heterocycles. The Kier molecular flexibility index (Phi) is 4.22. The Morgan fingerprint density at radius 1 is 1.47 bits per heavy atom. The molecule has 7 heteroatoms.